The van der Waals surface area contributed by atoms with Crippen molar-refractivity contribution in [3.63, 3.8) is 0 Å². The number of hydrogen-bond acceptors (Lipinski definition) is 6. The molecule has 1 atom stereocenters. The van der Waals surface area contributed by atoms with E-state index in [9.17, 15) is 0 Å². The molecule has 0 radical (unpaired) electrons. The number of nitrogens with two attached hydrogens (primary N) is 1. The van der Waals surface area contributed by atoms with Gasteiger partial charge in [-0.05, 0) is 36.1 Å². The van der Waals surface area contributed by atoms with Crippen LogP contribution in [0.25, 0.3) is 27.5 Å². The van der Waals surface area contributed by atoms with Gasteiger partial charge in [0.1, 0.15) is 11.8 Å². The van der Waals surface area contributed by atoms with Crippen LogP contribution in [-0.2, 0) is 17.7 Å². The maximum atomic E-state index is 6.40. The van der Waals surface area contributed by atoms with Crippen LogP contribution in [-0.4, -0.2) is 61.1 Å². The summed E-state index contributed by atoms with van der Waals surface area (Å²) in [6.07, 6.45) is 7.09. The van der Waals surface area contributed by atoms with E-state index < -0.39 is 0 Å². The van der Waals surface area contributed by atoms with Gasteiger partial charge in [-0.2, -0.15) is 10.2 Å². The second kappa shape index (κ2) is 8.72. The molecule has 4 heterocycles. The van der Waals surface area contributed by atoms with Gasteiger partial charge >= 0.3 is 0 Å². The van der Waals surface area contributed by atoms with E-state index in [1.807, 2.05) is 15.3 Å². The Hall–Kier alpha value is -3.75. The van der Waals surface area contributed by atoms with Crippen molar-refractivity contribution in [3.05, 3.63) is 78.4 Å². The quantitative estimate of drug-likeness (QED) is 0.399. The SMILES string of the molecule is Nc1ncnn2c(CC3COCCN3C3CC3)cc(-c3ccc4cn(Cc5ccccc5)nc4c3)c12. The number of hydrogen-bond donors (Lipinski definition) is 1. The Labute approximate surface area is 209 Å². The summed E-state index contributed by atoms with van der Waals surface area (Å²) in [4.78, 5) is 6.93. The number of benzene rings is 2. The molecule has 8 nitrogen and oxygen atoms in total. The summed E-state index contributed by atoms with van der Waals surface area (Å²) in [6.45, 7) is 3.32. The summed E-state index contributed by atoms with van der Waals surface area (Å²) < 4.78 is 9.83. The molecule has 36 heavy (non-hydrogen) atoms. The first-order valence-electron chi connectivity index (χ1n) is 12.7. The van der Waals surface area contributed by atoms with Crippen molar-refractivity contribution in [1.82, 2.24) is 29.3 Å². The van der Waals surface area contributed by atoms with Gasteiger partial charge < -0.3 is 10.5 Å². The molecule has 3 aromatic heterocycles. The first-order valence-corrected chi connectivity index (χ1v) is 12.7. The van der Waals surface area contributed by atoms with Gasteiger partial charge in [-0.1, -0.05) is 42.5 Å². The highest BCUT2D eigenvalue weighted by Gasteiger charge is 2.36. The second-order valence-corrected chi connectivity index (χ2v) is 9.94. The monoisotopic (exact) mass is 479 g/mol. The number of ether oxygens (including phenoxy) is 1. The second-order valence-electron chi connectivity index (χ2n) is 9.94. The lowest BCUT2D eigenvalue weighted by molar-refractivity contribution is -0.0118. The first-order chi connectivity index (χ1) is 17.7. The molecule has 2 aliphatic rings. The Bertz CT molecular complexity index is 1540. The Morgan fingerprint density at radius 3 is 2.81 bits per heavy atom. The highest BCUT2D eigenvalue weighted by atomic mass is 16.5. The van der Waals surface area contributed by atoms with Crippen molar-refractivity contribution < 1.29 is 4.74 Å². The zero-order valence-electron chi connectivity index (χ0n) is 20.1. The van der Waals surface area contributed by atoms with Crippen LogP contribution in [0.3, 0.4) is 0 Å². The highest BCUT2D eigenvalue weighted by Crippen LogP contribution is 2.35. The number of anilines is 1. The minimum Gasteiger partial charge on any atom is -0.382 e. The molecule has 8 heteroatoms. The zero-order chi connectivity index (χ0) is 24.1. The predicted molar refractivity (Wildman–Crippen MR) is 140 cm³/mol. The summed E-state index contributed by atoms with van der Waals surface area (Å²) in [5, 5.41) is 10.6. The molecule has 5 aromatic rings. The van der Waals surface area contributed by atoms with E-state index in [2.05, 4.69) is 69.7 Å². The molecule has 7 rings (SSSR count). The molecule has 1 aliphatic heterocycles. The number of nitrogens with zero attached hydrogens (tertiary/aromatic N) is 6. The van der Waals surface area contributed by atoms with Gasteiger partial charge in [0, 0.05) is 47.9 Å². The molecule has 2 N–H and O–H groups in total. The van der Waals surface area contributed by atoms with Crippen LogP contribution in [0, 0.1) is 0 Å². The van der Waals surface area contributed by atoms with Crippen LogP contribution >= 0.6 is 0 Å². The molecular weight excluding hydrogens is 450 g/mol. The lowest BCUT2D eigenvalue weighted by Gasteiger charge is -2.35. The van der Waals surface area contributed by atoms with E-state index >= 15 is 0 Å². The summed E-state index contributed by atoms with van der Waals surface area (Å²) in [5.74, 6) is 0.486. The average Bonchev–Trinajstić information content (AvgIpc) is 3.57. The third-order valence-electron chi connectivity index (χ3n) is 7.44. The van der Waals surface area contributed by atoms with Crippen LogP contribution in [0.5, 0.6) is 0 Å². The number of nitrogen functional groups attached to an aromatic ring is 1. The van der Waals surface area contributed by atoms with Gasteiger partial charge in [0.25, 0.3) is 0 Å². The minimum atomic E-state index is 0.351. The van der Waals surface area contributed by atoms with Crippen LogP contribution < -0.4 is 5.73 Å². The zero-order valence-corrected chi connectivity index (χ0v) is 20.1. The summed E-state index contributed by atoms with van der Waals surface area (Å²) >= 11 is 0. The van der Waals surface area contributed by atoms with Crippen molar-refractivity contribution in [1.29, 1.82) is 0 Å². The van der Waals surface area contributed by atoms with Crippen LogP contribution in [0.4, 0.5) is 5.82 Å². The van der Waals surface area contributed by atoms with Gasteiger partial charge in [-0.25, -0.2) is 9.50 Å². The van der Waals surface area contributed by atoms with E-state index in [-0.39, 0.29) is 0 Å². The van der Waals surface area contributed by atoms with E-state index in [0.29, 0.717) is 17.9 Å². The lowest BCUT2D eigenvalue weighted by atomic mass is 10.0. The molecule has 1 aliphatic carbocycles. The van der Waals surface area contributed by atoms with Gasteiger partial charge in [0.2, 0.25) is 0 Å². The van der Waals surface area contributed by atoms with Crippen molar-refractivity contribution in [2.24, 2.45) is 0 Å². The molecule has 0 spiro atoms. The number of rotatable bonds is 6. The van der Waals surface area contributed by atoms with Gasteiger partial charge in [-0.15, -0.1) is 0 Å². The minimum absolute atomic E-state index is 0.351. The molecule has 0 amide bonds. The molecule has 182 valence electrons. The molecule has 1 saturated carbocycles. The maximum absolute atomic E-state index is 6.40. The average molecular weight is 480 g/mol. The third kappa shape index (κ3) is 3.92. The summed E-state index contributed by atoms with van der Waals surface area (Å²) in [7, 11) is 0. The lowest BCUT2D eigenvalue weighted by Crippen LogP contribution is -2.47. The van der Waals surface area contributed by atoms with Crippen molar-refractivity contribution in [3.8, 4) is 11.1 Å². The third-order valence-corrected chi connectivity index (χ3v) is 7.44. The first kappa shape index (κ1) is 21.5. The fourth-order valence-corrected chi connectivity index (χ4v) is 5.56. The smallest absolute Gasteiger partial charge is 0.151 e. The normalized spacial score (nSPS) is 18.8. The van der Waals surface area contributed by atoms with Crippen molar-refractivity contribution in [2.45, 2.75) is 37.9 Å². The summed E-state index contributed by atoms with van der Waals surface area (Å²) in [6, 6.07) is 20.1. The molecular formula is C28H29N7O. The largest absolute Gasteiger partial charge is 0.382 e. The molecule has 0 bridgehead atoms. The van der Waals surface area contributed by atoms with Gasteiger partial charge in [-0.3, -0.25) is 9.58 Å². The Morgan fingerprint density at radius 2 is 1.94 bits per heavy atom. The Morgan fingerprint density at radius 1 is 1.06 bits per heavy atom. The fraction of sp³-hybridized carbons (Fsp3) is 0.321. The predicted octanol–water partition coefficient (Wildman–Crippen LogP) is 3.78. The highest BCUT2D eigenvalue weighted by molar-refractivity contribution is 5.92. The summed E-state index contributed by atoms with van der Waals surface area (Å²) in [5.41, 5.74) is 12.7. The Balaban J connectivity index is 1.25. The molecule has 2 aromatic carbocycles. The van der Waals surface area contributed by atoms with Crippen LogP contribution in [0.2, 0.25) is 0 Å². The molecule has 1 saturated heterocycles. The van der Waals surface area contributed by atoms with Crippen LogP contribution in [0.1, 0.15) is 24.1 Å². The van der Waals surface area contributed by atoms with Gasteiger partial charge in [0.15, 0.2) is 5.82 Å². The molecule has 2 fully saturated rings. The van der Waals surface area contributed by atoms with Crippen LogP contribution in [0.15, 0.2) is 67.1 Å². The van der Waals surface area contributed by atoms with E-state index in [1.54, 1.807) is 6.33 Å². The van der Waals surface area contributed by atoms with Crippen molar-refractivity contribution in [2.75, 3.05) is 25.5 Å². The maximum Gasteiger partial charge on any atom is 0.151 e. The number of fused-ring (bicyclic) bond motifs is 2. The number of aromatic nitrogens is 5. The topological polar surface area (TPSA) is 86.5 Å². The molecule has 1 unspecified atom stereocenters. The van der Waals surface area contributed by atoms with Crippen molar-refractivity contribution >= 4 is 22.2 Å². The van der Waals surface area contributed by atoms with Gasteiger partial charge in [0.05, 0.1) is 25.3 Å². The van der Waals surface area contributed by atoms with E-state index in [1.165, 1.54) is 18.4 Å². The Kier molecular flexibility index (Phi) is 5.22. The van der Waals surface area contributed by atoms with E-state index in [4.69, 9.17) is 15.6 Å². The fourth-order valence-electron chi connectivity index (χ4n) is 5.56. The van der Waals surface area contributed by atoms with E-state index in [0.717, 1.165) is 66.0 Å². The standard InChI is InChI=1S/C28H29N7O/c29-28-27-25(20-6-7-21-16-33(32-26(21)12-20)15-19-4-2-1-3-5-19)14-23(35(27)31-18-30-28)13-24-17-36-11-10-34(24)22-8-9-22/h1-7,12,14,16,18,22,24H,8-11,13,15,17H2,(H2,29,30,31). The number of morpholine rings is 1.